The molecule has 0 spiro atoms. The SMILES string of the molecule is COCCn1ncc(Br)c1C(N)c1c(F)cccc1Br. The molecule has 0 saturated heterocycles. The van der Waals surface area contributed by atoms with Crippen LogP contribution in [0, 0.1) is 5.82 Å². The quantitative estimate of drug-likeness (QED) is 0.829. The minimum atomic E-state index is -0.626. The monoisotopic (exact) mass is 405 g/mol. The average molecular weight is 407 g/mol. The summed E-state index contributed by atoms with van der Waals surface area (Å²) < 4.78 is 22.2. The number of ether oxygens (including phenoxy) is 1. The van der Waals surface area contributed by atoms with Crippen LogP contribution in [0.15, 0.2) is 33.3 Å². The molecule has 1 heterocycles. The maximum Gasteiger partial charge on any atom is 0.129 e. The second kappa shape index (κ2) is 6.80. The van der Waals surface area contributed by atoms with Crippen molar-refractivity contribution in [2.24, 2.45) is 5.73 Å². The van der Waals surface area contributed by atoms with Crippen LogP contribution in [0.2, 0.25) is 0 Å². The summed E-state index contributed by atoms with van der Waals surface area (Å²) in [6.07, 6.45) is 1.65. The van der Waals surface area contributed by atoms with Crippen LogP contribution in [0.3, 0.4) is 0 Å². The highest BCUT2D eigenvalue weighted by molar-refractivity contribution is 9.10. The van der Waals surface area contributed by atoms with Gasteiger partial charge in [-0.3, -0.25) is 4.68 Å². The summed E-state index contributed by atoms with van der Waals surface area (Å²) in [6, 6.07) is 4.16. The van der Waals surface area contributed by atoms with Crippen molar-refractivity contribution in [1.29, 1.82) is 0 Å². The molecule has 1 aromatic carbocycles. The Hall–Kier alpha value is -0.760. The van der Waals surface area contributed by atoms with Gasteiger partial charge in [-0.2, -0.15) is 5.10 Å². The van der Waals surface area contributed by atoms with Crippen molar-refractivity contribution in [2.45, 2.75) is 12.6 Å². The van der Waals surface area contributed by atoms with Gasteiger partial charge >= 0.3 is 0 Å². The average Bonchev–Trinajstić information content (AvgIpc) is 2.77. The van der Waals surface area contributed by atoms with E-state index in [-0.39, 0.29) is 5.82 Å². The standard InChI is InChI=1S/C13H14Br2FN3O/c1-20-6-5-19-13(9(15)7-18-19)12(17)11-8(14)3-2-4-10(11)16/h2-4,7,12H,5-6,17H2,1H3. The first-order valence-corrected chi connectivity index (χ1v) is 7.54. The van der Waals surface area contributed by atoms with Crippen LogP contribution < -0.4 is 5.73 Å². The van der Waals surface area contributed by atoms with Gasteiger partial charge in [-0.05, 0) is 28.1 Å². The van der Waals surface area contributed by atoms with Crippen LogP contribution in [0.1, 0.15) is 17.3 Å². The first-order chi connectivity index (χ1) is 9.56. The smallest absolute Gasteiger partial charge is 0.129 e. The van der Waals surface area contributed by atoms with Crippen LogP contribution in [0.5, 0.6) is 0 Å². The van der Waals surface area contributed by atoms with Crippen molar-refractivity contribution in [3.8, 4) is 0 Å². The maximum atomic E-state index is 14.0. The molecule has 0 fully saturated rings. The van der Waals surface area contributed by atoms with E-state index >= 15 is 0 Å². The Bertz CT molecular complexity index is 583. The van der Waals surface area contributed by atoms with Gasteiger partial charge in [0.2, 0.25) is 0 Å². The van der Waals surface area contributed by atoms with Crippen LogP contribution in [-0.4, -0.2) is 23.5 Å². The van der Waals surface area contributed by atoms with Gasteiger partial charge in [-0.15, -0.1) is 0 Å². The summed E-state index contributed by atoms with van der Waals surface area (Å²) in [5.74, 6) is -0.349. The van der Waals surface area contributed by atoms with E-state index in [0.717, 1.165) is 4.47 Å². The van der Waals surface area contributed by atoms with Gasteiger partial charge in [0.05, 0.1) is 35.6 Å². The molecule has 2 N–H and O–H groups in total. The summed E-state index contributed by atoms with van der Waals surface area (Å²) in [7, 11) is 1.62. The van der Waals surface area contributed by atoms with E-state index in [1.165, 1.54) is 6.07 Å². The summed E-state index contributed by atoms with van der Waals surface area (Å²) in [5, 5.41) is 4.23. The molecule has 108 valence electrons. The van der Waals surface area contributed by atoms with Gasteiger partial charge in [0, 0.05) is 17.1 Å². The number of hydrogen-bond donors (Lipinski definition) is 1. The van der Waals surface area contributed by atoms with Gasteiger partial charge in [0.1, 0.15) is 5.82 Å². The predicted molar refractivity (Wildman–Crippen MR) is 81.9 cm³/mol. The minimum absolute atomic E-state index is 0.349. The molecule has 7 heteroatoms. The molecule has 2 aromatic rings. The number of aromatic nitrogens is 2. The van der Waals surface area contributed by atoms with E-state index in [2.05, 4.69) is 37.0 Å². The third kappa shape index (κ3) is 3.11. The Labute approximate surface area is 133 Å². The zero-order chi connectivity index (χ0) is 14.7. The Morgan fingerprint density at radius 3 is 2.80 bits per heavy atom. The Morgan fingerprint density at radius 1 is 1.40 bits per heavy atom. The number of halogens is 3. The summed E-state index contributed by atoms with van der Waals surface area (Å²) in [4.78, 5) is 0. The predicted octanol–water partition coefficient (Wildman–Crippen LogP) is 3.24. The highest BCUT2D eigenvalue weighted by atomic mass is 79.9. The van der Waals surface area contributed by atoms with Gasteiger partial charge in [0.25, 0.3) is 0 Å². The molecule has 0 bridgehead atoms. The summed E-state index contributed by atoms with van der Waals surface area (Å²) in [5.41, 5.74) is 7.36. The molecular formula is C13H14Br2FN3O. The molecular weight excluding hydrogens is 393 g/mol. The highest BCUT2D eigenvalue weighted by Crippen LogP contribution is 2.32. The number of benzene rings is 1. The topological polar surface area (TPSA) is 53.1 Å². The number of nitrogens with zero attached hydrogens (tertiary/aromatic N) is 2. The van der Waals surface area contributed by atoms with Crippen LogP contribution in [0.25, 0.3) is 0 Å². The lowest BCUT2D eigenvalue weighted by Crippen LogP contribution is -2.21. The fourth-order valence-electron chi connectivity index (χ4n) is 1.98. The zero-order valence-electron chi connectivity index (χ0n) is 10.8. The Balaban J connectivity index is 2.43. The van der Waals surface area contributed by atoms with E-state index in [9.17, 15) is 4.39 Å². The Kier molecular flexibility index (Phi) is 5.31. The van der Waals surface area contributed by atoms with E-state index in [1.54, 1.807) is 30.1 Å². The fourth-order valence-corrected chi connectivity index (χ4v) is 3.11. The first-order valence-electron chi connectivity index (χ1n) is 5.96. The molecule has 0 aliphatic rings. The van der Waals surface area contributed by atoms with E-state index in [0.29, 0.717) is 28.9 Å². The lowest BCUT2D eigenvalue weighted by molar-refractivity contribution is 0.182. The number of methoxy groups -OCH3 is 1. The number of hydrogen-bond acceptors (Lipinski definition) is 3. The van der Waals surface area contributed by atoms with E-state index in [4.69, 9.17) is 10.5 Å². The van der Waals surface area contributed by atoms with Crippen molar-refractivity contribution >= 4 is 31.9 Å². The van der Waals surface area contributed by atoms with Crippen molar-refractivity contribution < 1.29 is 9.13 Å². The second-order valence-electron chi connectivity index (χ2n) is 4.21. The van der Waals surface area contributed by atoms with Crippen molar-refractivity contribution in [1.82, 2.24) is 9.78 Å². The Morgan fingerprint density at radius 2 is 2.15 bits per heavy atom. The molecule has 0 aliphatic carbocycles. The number of nitrogens with two attached hydrogens (primary N) is 1. The van der Waals surface area contributed by atoms with Crippen LogP contribution in [0.4, 0.5) is 4.39 Å². The molecule has 0 aliphatic heterocycles. The molecule has 1 atom stereocenters. The molecule has 0 amide bonds. The summed E-state index contributed by atoms with van der Waals surface area (Å²) in [6.45, 7) is 1.06. The van der Waals surface area contributed by atoms with Crippen molar-refractivity contribution in [3.63, 3.8) is 0 Å². The van der Waals surface area contributed by atoms with E-state index < -0.39 is 6.04 Å². The maximum absolute atomic E-state index is 14.0. The first kappa shape index (κ1) is 15.6. The third-order valence-electron chi connectivity index (χ3n) is 2.95. The molecule has 2 rings (SSSR count). The molecule has 0 radical (unpaired) electrons. The fraction of sp³-hybridized carbons (Fsp3) is 0.308. The number of rotatable bonds is 5. The lowest BCUT2D eigenvalue weighted by atomic mass is 10.0. The molecule has 1 unspecified atom stereocenters. The second-order valence-corrected chi connectivity index (χ2v) is 5.92. The van der Waals surface area contributed by atoms with Crippen molar-refractivity contribution in [3.05, 3.63) is 50.4 Å². The van der Waals surface area contributed by atoms with Gasteiger partial charge in [0.15, 0.2) is 0 Å². The molecule has 1 aromatic heterocycles. The van der Waals surface area contributed by atoms with Gasteiger partial charge in [-0.1, -0.05) is 22.0 Å². The highest BCUT2D eigenvalue weighted by Gasteiger charge is 2.23. The normalized spacial score (nSPS) is 12.7. The van der Waals surface area contributed by atoms with Gasteiger partial charge < -0.3 is 10.5 Å². The van der Waals surface area contributed by atoms with Crippen molar-refractivity contribution in [2.75, 3.05) is 13.7 Å². The van der Waals surface area contributed by atoms with Crippen LogP contribution >= 0.6 is 31.9 Å². The lowest BCUT2D eigenvalue weighted by Gasteiger charge is -2.17. The molecule has 20 heavy (non-hydrogen) atoms. The van der Waals surface area contributed by atoms with Crippen LogP contribution in [-0.2, 0) is 11.3 Å². The molecule has 0 saturated carbocycles. The van der Waals surface area contributed by atoms with Gasteiger partial charge in [-0.25, -0.2) is 4.39 Å². The van der Waals surface area contributed by atoms with E-state index in [1.807, 2.05) is 0 Å². The zero-order valence-corrected chi connectivity index (χ0v) is 14.0. The minimum Gasteiger partial charge on any atom is -0.383 e. The molecule has 4 nitrogen and oxygen atoms in total. The third-order valence-corrected chi connectivity index (χ3v) is 4.25. The largest absolute Gasteiger partial charge is 0.383 e. The summed E-state index contributed by atoms with van der Waals surface area (Å²) >= 11 is 6.76.